The summed E-state index contributed by atoms with van der Waals surface area (Å²) in [5, 5.41) is 8.71. The van der Waals surface area contributed by atoms with Crippen molar-refractivity contribution in [3.05, 3.63) is 0 Å². The van der Waals surface area contributed by atoms with Gasteiger partial charge in [-0.25, -0.2) is 0 Å². The summed E-state index contributed by atoms with van der Waals surface area (Å²) < 4.78 is 0. The quantitative estimate of drug-likeness (QED) is 0.808. The van der Waals surface area contributed by atoms with Crippen LogP contribution in [-0.4, -0.2) is 84.7 Å². The largest absolute Gasteiger partial charge is 0.481 e. The topological polar surface area (TPSA) is 47.0 Å². The molecule has 0 aromatic carbocycles. The van der Waals surface area contributed by atoms with E-state index >= 15 is 0 Å². The highest BCUT2D eigenvalue weighted by atomic mass is 16.4. The second-order valence-electron chi connectivity index (χ2n) is 5.91. The van der Waals surface area contributed by atoms with Crippen molar-refractivity contribution in [1.82, 2.24) is 14.7 Å². The maximum absolute atomic E-state index is 10.6. The van der Waals surface area contributed by atoms with Gasteiger partial charge in [-0.15, -0.1) is 0 Å². The maximum atomic E-state index is 10.6. The third-order valence-corrected chi connectivity index (χ3v) is 4.49. The highest BCUT2D eigenvalue weighted by molar-refractivity contribution is 5.66. The van der Waals surface area contributed by atoms with Crippen molar-refractivity contribution in [3.63, 3.8) is 0 Å². The van der Waals surface area contributed by atoms with Crippen LogP contribution in [0.3, 0.4) is 0 Å². The van der Waals surface area contributed by atoms with Gasteiger partial charge in [0.2, 0.25) is 0 Å². The summed E-state index contributed by atoms with van der Waals surface area (Å²) in [6, 6.07) is 0.742. The van der Waals surface area contributed by atoms with Crippen LogP contribution in [0.4, 0.5) is 0 Å². The minimum Gasteiger partial charge on any atom is -0.481 e. The SMILES string of the molecule is CN1CCCC(N2CCN(CCC(=O)O)CC2)CC1. The van der Waals surface area contributed by atoms with Crippen LogP contribution in [0.25, 0.3) is 0 Å². The number of carbonyl (C=O) groups is 1. The highest BCUT2D eigenvalue weighted by Crippen LogP contribution is 2.18. The van der Waals surface area contributed by atoms with Crippen molar-refractivity contribution in [2.75, 3.05) is 52.9 Å². The normalized spacial score (nSPS) is 28.2. The van der Waals surface area contributed by atoms with Crippen LogP contribution < -0.4 is 0 Å². The van der Waals surface area contributed by atoms with Crippen molar-refractivity contribution in [2.24, 2.45) is 0 Å². The van der Waals surface area contributed by atoms with E-state index in [1.807, 2.05) is 0 Å². The molecule has 0 aromatic rings. The minimum absolute atomic E-state index is 0.272. The zero-order valence-electron chi connectivity index (χ0n) is 12.1. The number of aliphatic carboxylic acids is 1. The second-order valence-corrected chi connectivity index (χ2v) is 5.91. The lowest BCUT2D eigenvalue weighted by atomic mass is 10.1. The molecule has 2 fully saturated rings. The Kier molecular flexibility index (Phi) is 5.60. The molecule has 1 unspecified atom stereocenters. The Hall–Kier alpha value is -0.650. The average molecular weight is 269 g/mol. The molecule has 0 aliphatic carbocycles. The summed E-state index contributed by atoms with van der Waals surface area (Å²) in [5.41, 5.74) is 0. The zero-order chi connectivity index (χ0) is 13.7. The fraction of sp³-hybridized carbons (Fsp3) is 0.929. The van der Waals surface area contributed by atoms with Gasteiger partial charge in [0.05, 0.1) is 6.42 Å². The number of hydrogen-bond donors (Lipinski definition) is 1. The van der Waals surface area contributed by atoms with Gasteiger partial charge in [0.15, 0.2) is 0 Å². The molecule has 2 aliphatic heterocycles. The standard InChI is InChI=1S/C14H27N3O2/c1-15-6-2-3-13(4-7-15)17-11-9-16(10-12-17)8-5-14(18)19/h13H,2-12H2,1H3,(H,18,19). The molecule has 2 aliphatic rings. The summed E-state index contributed by atoms with van der Waals surface area (Å²) in [5.74, 6) is -0.686. The molecule has 110 valence electrons. The first kappa shape index (κ1) is 14.8. The molecule has 0 amide bonds. The van der Waals surface area contributed by atoms with Gasteiger partial charge in [-0.05, 0) is 39.4 Å². The van der Waals surface area contributed by atoms with Gasteiger partial charge in [0, 0.05) is 38.8 Å². The number of hydrogen-bond acceptors (Lipinski definition) is 4. The van der Waals surface area contributed by atoms with Crippen molar-refractivity contribution < 1.29 is 9.90 Å². The van der Waals surface area contributed by atoms with Crippen LogP contribution in [0.15, 0.2) is 0 Å². The van der Waals surface area contributed by atoms with Crippen LogP contribution in [-0.2, 0) is 4.79 Å². The van der Waals surface area contributed by atoms with E-state index in [4.69, 9.17) is 5.11 Å². The molecule has 0 spiro atoms. The van der Waals surface area contributed by atoms with E-state index in [1.54, 1.807) is 0 Å². The molecular formula is C14H27N3O2. The third kappa shape index (κ3) is 4.75. The Morgan fingerprint density at radius 2 is 1.84 bits per heavy atom. The number of likely N-dealkylation sites (tertiary alicyclic amines) is 1. The lowest BCUT2D eigenvalue weighted by Gasteiger charge is -2.39. The molecule has 2 saturated heterocycles. The number of rotatable bonds is 4. The molecule has 0 saturated carbocycles. The second kappa shape index (κ2) is 7.22. The fourth-order valence-electron chi connectivity index (χ4n) is 3.19. The van der Waals surface area contributed by atoms with E-state index in [-0.39, 0.29) is 6.42 Å². The number of piperazine rings is 1. The monoisotopic (exact) mass is 269 g/mol. The summed E-state index contributed by atoms with van der Waals surface area (Å²) in [7, 11) is 2.21. The van der Waals surface area contributed by atoms with E-state index in [9.17, 15) is 4.79 Å². The summed E-state index contributed by atoms with van der Waals surface area (Å²) in [6.45, 7) is 7.41. The first-order chi connectivity index (χ1) is 9.15. The number of nitrogens with zero attached hydrogens (tertiary/aromatic N) is 3. The molecule has 5 heteroatoms. The van der Waals surface area contributed by atoms with Gasteiger partial charge in [0.1, 0.15) is 0 Å². The van der Waals surface area contributed by atoms with E-state index in [2.05, 4.69) is 21.7 Å². The Bertz CT molecular complexity index is 290. The smallest absolute Gasteiger partial charge is 0.304 e. The summed E-state index contributed by atoms with van der Waals surface area (Å²) >= 11 is 0. The van der Waals surface area contributed by atoms with Crippen LogP contribution in [0.5, 0.6) is 0 Å². The predicted molar refractivity (Wildman–Crippen MR) is 75.4 cm³/mol. The van der Waals surface area contributed by atoms with Crippen molar-refractivity contribution in [1.29, 1.82) is 0 Å². The lowest BCUT2D eigenvalue weighted by Crippen LogP contribution is -2.50. The molecule has 0 aromatic heterocycles. The van der Waals surface area contributed by atoms with Crippen molar-refractivity contribution in [3.8, 4) is 0 Å². The van der Waals surface area contributed by atoms with Crippen molar-refractivity contribution in [2.45, 2.75) is 31.7 Å². The maximum Gasteiger partial charge on any atom is 0.304 e. The van der Waals surface area contributed by atoms with Crippen LogP contribution in [0, 0.1) is 0 Å². The Morgan fingerprint density at radius 1 is 1.11 bits per heavy atom. The van der Waals surface area contributed by atoms with Gasteiger partial charge in [0.25, 0.3) is 0 Å². The van der Waals surface area contributed by atoms with E-state index < -0.39 is 5.97 Å². The molecule has 1 N–H and O–H groups in total. The van der Waals surface area contributed by atoms with Crippen LogP contribution in [0.1, 0.15) is 25.7 Å². The van der Waals surface area contributed by atoms with Gasteiger partial charge in [-0.1, -0.05) is 0 Å². The van der Waals surface area contributed by atoms with E-state index in [0.717, 1.165) is 32.2 Å². The Morgan fingerprint density at radius 3 is 2.53 bits per heavy atom. The molecule has 2 heterocycles. The molecule has 1 atom stereocenters. The van der Waals surface area contributed by atoms with Gasteiger partial charge < -0.3 is 14.9 Å². The Balaban J connectivity index is 1.71. The minimum atomic E-state index is -0.686. The molecule has 5 nitrogen and oxygen atoms in total. The van der Waals surface area contributed by atoms with E-state index in [1.165, 1.54) is 32.4 Å². The third-order valence-electron chi connectivity index (χ3n) is 4.49. The molecule has 2 rings (SSSR count). The predicted octanol–water partition coefficient (Wildman–Crippen LogP) is 0.563. The lowest BCUT2D eigenvalue weighted by molar-refractivity contribution is -0.137. The number of carboxylic acid groups (broad SMARTS) is 1. The van der Waals surface area contributed by atoms with Crippen LogP contribution >= 0.6 is 0 Å². The summed E-state index contributed by atoms with van der Waals surface area (Å²) in [4.78, 5) is 17.9. The van der Waals surface area contributed by atoms with E-state index in [0.29, 0.717) is 6.54 Å². The summed E-state index contributed by atoms with van der Waals surface area (Å²) in [6.07, 6.45) is 4.18. The van der Waals surface area contributed by atoms with Crippen molar-refractivity contribution >= 4 is 5.97 Å². The first-order valence-electron chi connectivity index (χ1n) is 7.52. The first-order valence-corrected chi connectivity index (χ1v) is 7.52. The highest BCUT2D eigenvalue weighted by Gasteiger charge is 2.25. The molecular weight excluding hydrogens is 242 g/mol. The van der Waals surface area contributed by atoms with Crippen LogP contribution in [0.2, 0.25) is 0 Å². The van der Waals surface area contributed by atoms with Gasteiger partial charge in [-0.3, -0.25) is 9.69 Å². The molecule has 0 radical (unpaired) electrons. The zero-order valence-corrected chi connectivity index (χ0v) is 12.1. The molecule has 19 heavy (non-hydrogen) atoms. The van der Waals surface area contributed by atoms with Gasteiger partial charge in [-0.2, -0.15) is 0 Å². The fourth-order valence-corrected chi connectivity index (χ4v) is 3.19. The average Bonchev–Trinajstić information content (AvgIpc) is 2.62. The molecule has 0 bridgehead atoms. The van der Waals surface area contributed by atoms with Gasteiger partial charge >= 0.3 is 5.97 Å². The number of carboxylic acids is 1. The Labute approximate surface area is 116 Å².